The average molecular weight is 771 g/mol. The minimum absolute atomic E-state index is 0.0555. The first-order valence-electron chi connectivity index (χ1n) is 20.0. The van der Waals surface area contributed by atoms with Gasteiger partial charge < -0.3 is 35.0 Å². The summed E-state index contributed by atoms with van der Waals surface area (Å²) in [6.45, 7) is 2.91. The number of alkyl carbamates (subject to hydrolysis) is 1. The SMILES string of the molecule is COC(=O)N[C@H](C(=O)N1CCC[C@H]1c1ncc(-c2ccc(-c3ccc(-c4cnc([C@@H]5C6CCC(C6)C5C(=O)NCCc5ccncc5)[nH]4)cc3)cc2)[nH]1)[C@@H](C)OC. The Morgan fingerprint density at radius 1 is 0.825 bits per heavy atom. The predicted octanol–water partition coefficient (Wildman–Crippen LogP) is 6.44. The number of carbonyl (C=O) groups is 3. The van der Waals surface area contributed by atoms with Crippen LogP contribution >= 0.6 is 0 Å². The minimum atomic E-state index is -0.884. The number of carbonyl (C=O) groups excluding carboxylic acids is 3. The molecular formula is C44H50N8O5. The second-order valence-electron chi connectivity index (χ2n) is 15.5. The van der Waals surface area contributed by atoms with Crippen molar-refractivity contribution in [3.63, 3.8) is 0 Å². The number of hydrogen-bond acceptors (Lipinski definition) is 8. The molecule has 5 aromatic rings. The molecule has 3 amide bonds. The van der Waals surface area contributed by atoms with Crippen LogP contribution in [-0.4, -0.2) is 87.2 Å². The number of hydrogen-bond donors (Lipinski definition) is 4. The lowest BCUT2D eigenvalue weighted by atomic mass is 9.78. The summed E-state index contributed by atoms with van der Waals surface area (Å²) >= 11 is 0. The van der Waals surface area contributed by atoms with E-state index in [1.807, 2.05) is 18.3 Å². The van der Waals surface area contributed by atoms with E-state index in [2.05, 4.69) is 79.1 Å². The molecule has 2 aliphatic carbocycles. The monoisotopic (exact) mass is 770 g/mol. The summed E-state index contributed by atoms with van der Waals surface area (Å²) < 4.78 is 10.2. The van der Waals surface area contributed by atoms with Gasteiger partial charge in [-0.3, -0.25) is 14.6 Å². The van der Waals surface area contributed by atoms with Gasteiger partial charge in [-0.25, -0.2) is 14.8 Å². The molecular weight excluding hydrogens is 721 g/mol. The van der Waals surface area contributed by atoms with Crippen molar-refractivity contribution in [2.24, 2.45) is 17.8 Å². The number of likely N-dealkylation sites (tertiary alicyclic amines) is 1. The van der Waals surface area contributed by atoms with Crippen molar-refractivity contribution in [3.8, 4) is 33.6 Å². The standard InChI is InChI=1S/C44H50N8O5/c1-26(56-2)39(51-44(55)57-3)43(54)52-22-4-5-36(52)40-47-24-34(49-40)30-10-6-28(7-11-30)29-8-12-31(13-9-29)35-25-48-41(50-35)37-32-14-15-33(23-32)38(37)42(53)46-21-18-27-16-19-45-20-17-27/h6-13,16-17,19-20,24-26,32-33,36-39H,4-5,14-15,18,21-23H2,1-3H3,(H,46,53)(H,47,49)(H,48,50)(H,51,55)/t26-,32?,33?,36+,37-,38?,39+/m1/s1. The zero-order chi connectivity index (χ0) is 39.5. The van der Waals surface area contributed by atoms with Gasteiger partial charge in [-0.15, -0.1) is 0 Å². The number of rotatable bonds is 13. The highest BCUT2D eigenvalue weighted by molar-refractivity contribution is 5.87. The van der Waals surface area contributed by atoms with Crippen LogP contribution in [0.2, 0.25) is 0 Å². The van der Waals surface area contributed by atoms with E-state index in [0.717, 1.165) is 78.0 Å². The highest BCUT2D eigenvalue weighted by Gasteiger charge is 2.52. The van der Waals surface area contributed by atoms with Gasteiger partial charge in [-0.1, -0.05) is 48.5 Å². The third kappa shape index (κ3) is 7.93. The third-order valence-electron chi connectivity index (χ3n) is 12.3. The summed E-state index contributed by atoms with van der Waals surface area (Å²) in [5, 5.41) is 5.86. The summed E-state index contributed by atoms with van der Waals surface area (Å²) in [5.74, 6) is 2.47. The molecule has 4 N–H and O–H groups in total. The normalized spacial score (nSPS) is 22.3. The number of fused-ring (bicyclic) bond motifs is 2. The van der Waals surface area contributed by atoms with Gasteiger partial charge in [0.15, 0.2) is 0 Å². The van der Waals surface area contributed by atoms with Gasteiger partial charge in [-0.05, 0) is 97.2 Å². The zero-order valence-electron chi connectivity index (χ0n) is 32.6. The Bertz CT molecular complexity index is 2170. The molecule has 7 atom stereocenters. The molecule has 3 aliphatic rings. The molecule has 1 saturated heterocycles. The summed E-state index contributed by atoms with van der Waals surface area (Å²) in [7, 11) is 2.77. The molecule has 13 nitrogen and oxygen atoms in total. The van der Waals surface area contributed by atoms with Crippen LogP contribution in [0.5, 0.6) is 0 Å². The number of nitrogens with zero attached hydrogens (tertiary/aromatic N) is 4. The molecule has 296 valence electrons. The Kier molecular flexibility index (Phi) is 11.2. The maximum Gasteiger partial charge on any atom is 0.407 e. The largest absolute Gasteiger partial charge is 0.453 e. The van der Waals surface area contributed by atoms with Crippen LogP contribution in [-0.2, 0) is 25.5 Å². The van der Waals surface area contributed by atoms with E-state index in [9.17, 15) is 14.4 Å². The summed E-state index contributed by atoms with van der Waals surface area (Å²) in [6.07, 6.45) is 11.8. The molecule has 2 aromatic carbocycles. The van der Waals surface area contributed by atoms with E-state index in [1.165, 1.54) is 19.8 Å². The Morgan fingerprint density at radius 2 is 1.44 bits per heavy atom. The van der Waals surface area contributed by atoms with Crippen molar-refractivity contribution in [2.45, 2.75) is 69.6 Å². The van der Waals surface area contributed by atoms with Gasteiger partial charge in [0.2, 0.25) is 11.8 Å². The molecule has 3 aromatic heterocycles. The predicted molar refractivity (Wildman–Crippen MR) is 215 cm³/mol. The molecule has 0 spiro atoms. The summed E-state index contributed by atoms with van der Waals surface area (Å²) in [4.78, 5) is 61.6. The van der Waals surface area contributed by atoms with Gasteiger partial charge in [0.05, 0.1) is 49.0 Å². The summed E-state index contributed by atoms with van der Waals surface area (Å²) in [6, 6.07) is 19.6. The maximum absolute atomic E-state index is 13.6. The molecule has 2 saturated carbocycles. The minimum Gasteiger partial charge on any atom is -0.453 e. The number of aromatic amines is 2. The van der Waals surface area contributed by atoms with E-state index in [4.69, 9.17) is 14.5 Å². The first-order valence-corrected chi connectivity index (χ1v) is 20.0. The van der Waals surface area contributed by atoms with E-state index in [1.54, 1.807) is 30.4 Å². The number of methoxy groups -OCH3 is 2. The molecule has 13 heteroatoms. The Morgan fingerprint density at radius 3 is 2.09 bits per heavy atom. The molecule has 3 unspecified atom stereocenters. The Balaban J connectivity index is 0.906. The van der Waals surface area contributed by atoms with Crippen LogP contribution < -0.4 is 10.6 Å². The van der Waals surface area contributed by atoms with Crippen molar-refractivity contribution in [3.05, 3.63) is 103 Å². The molecule has 1 aliphatic heterocycles. The van der Waals surface area contributed by atoms with E-state index in [-0.39, 0.29) is 29.7 Å². The third-order valence-corrected chi connectivity index (χ3v) is 12.3. The number of nitrogens with one attached hydrogen (secondary N) is 4. The van der Waals surface area contributed by atoms with E-state index < -0.39 is 18.2 Å². The average Bonchev–Trinajstić information content (AvgIpc) is 4.11. The van der Waals surface area contributed by atoms with Crippen molar-refractivity contribution < 1.29 is 23.9 Å². The molecule has 57 heavy (non-hydrogen) atoms. The van der Waals surface area contributed by atoms with E-state index in [0.29, 0.717) is 30.7 Å². The number of aromatic nitrogens is 5. The van der Waals surface area contributed by atoms with Gasteiger partial charge in [0.1, 0.15) is 17.7 Å². The molecule has 3 fully saturated rings. The van der Waals surface area contributed by atoms with Crippen LogP contribution in [0, 0.1) is 17.8 Å². The van der Waals surface area contributed by atoms with Crippen molar-refractivity contribution in [2.75, 3.05) is 27.3 Å². The molecule has 0 radical (unpaired) electrons. The first-order chi connectivity index (χ1) is 27.8. The molecule has 4 heterocycles. The fraction of sp³-hybridized carbons (Fsp3) is 0.409. The van der Waals surface area contributed by atoms with Crippen LogP contribution in [0.3, 0.4) is 0 Å². The second kappa shape index (κ2) is 16.7. The Labute approximate surface area is 332 Å². The van der Waals surface area contributed by atoms with Crippen molar-refractivity contribution >= 4 is 17.9 Å². The number of ether oxygens (including phenoxy) is 2. The van der Waals surface area contributed by atoms with E-state index >= 15 is 0 Å². The fourth-order valence-electron chi connectivity index (χ4n) is 9.24. The zero-order valence-corrected chi connectivity index (χ0v) is 32.6. The fourth-order valence-corrected chi connectivity index (χ4v) is 9.24. The van der Waals surface area contributed by atoms with Gasteiger partial charge in [0, 0.05) is 38.5 Å². The smallest absolute Gasteiger partial charge is 0.407 e. The van der Waals surface area contributed by atoms with Crippen molar-refractivity contribution in [1.29, 1.82) is 0 Å². The number of H-pyrrole nitrogens is 2. The summed E-state index contributed by atoms with van der Waals surface area (Å²) in [5.41, 5.74) is 7.18. The van der Waals surface area contributed by atoms with Crippen LogP contribution in [0.25, 0.3) is 33.6 Å². The van der Waals surface area contributed by atoms with Gasteiger partial charge in [-0.2, -0.15) is 0 Å². The maximum atomic E-state index is 13.6. The van der Waals surface area contributed by atoms with Crippen LogP contribution in [0.4, 0.5) is 4.79 Å². The first kappa shape index (κ1) is 38.1. The number of pyridine rings is 1. The van der Waals surface area contributed by atoms with Crippen LogP contribution in [0.15, 0.2) is 85.5 Å². The van der Waals surface area contributed by atoms with Crippen LogP contribution in [0.1, 0.15) is 68.2 Å². The quantitative estimate of drug-likeness (QED) is 0.106. The number of imidazole rings is 2. The highest BCUT2D eigenvalue weighted by Crippen LogP contribution is 2.56. The number of amides is 3. The second-order valence-corrected chi connectivity index (χ2v) is 15.5. The number of benzene rings is 2. The lowest BCUT2D eigenvalue weighted by molar-refractivity contribution is -0.137. The molecule has 2 bridgehead atoms. The lowest BCUT2D eigenvalue weighted by Gasteiger charge is -2.30. The lowest BCUT2D eigenvalue weighted by Crippen LogP contribution is -2.54. The van der Waals surface area contributed by atoms with Gasteiger partial charge >= 0.3 is 6.09 Å². The Hall–Kier alpha value is -5.82. The highest BCUT2D eigenvalue weighted by atomic mass is 16.5. The van der Waals surface area contributed by atoms with Crippen molar-refractivity contribution in [1.82, 2.24) is 40.5 Å². The topological polar surface area (TPSA) is 167 Å². The van der Waals surface area contributed by atoms with Gasteiger partial charge in [0.25, 0.3) is 0 Å². The molecule has 8 rings (SSSR count).